The first-order valence-electron chi connectivity index (χ1n) is 12.4. The molecule has 2 heteroatoms. The fraction of sp³-hybridized carbons (Fsp3) is 1.00. The van der Waals surface area contributed by atoms with E-state index in [0.29, 0.717) is 5.54 Å². The minimum absolute atomic E-state index is 0.334. The molecule has 0 spiro atoms. The number of nitrogens with zero attached hydrogens (tertiary/aromatic N) is 2. The van der Waals surface area contributed by atoms with E-state index in [0.717, 1.165) is 5.92 Å². The summed E-state index contributed by atoms with van der Waals surface area (Å²) in [5, 5.41) is 0. The van der Waals surface area contributed by atoms with Crippen molar-refractivity contribution in [3.8, 4) is 0 Å². The topological polar surface area (TPSA) is 6.48 Å². The molecule has 0 heterocycles. The Bertz CT molecular complexity index is 305. The predicted molar refractivity (Wildman–Crippen MR) is 125 cm³/mol. The Labute approximate surface area is 173 Å². The number of rotatable bonds is 19. The molecule has 0 aliphatic carbocycles. The van der Waals surface area contributed by atoms with Crippen LogP contribution in [0.5, 0.6) is 0 Å². The molecule has 0 fully saturated rings. The van der Waals surface area contributed by atoms with Gasteiger partial charge in [0.1, 0.15) is 0 Å². The zero-order valence-corrected chi connectivity index (χ0v) is 20.3. The third-order valence-electron chi connectivity index (χ3n) is 6.72. The first-order valence-corrected chi connectivity index (χ1v) is 12.4. The summed E-state index contributed by atoms with van der Waals surface area (Å²) in [4.78, 5) is 5.51. The fourth-order valence-electron chi connectivity index (χ4n) is 3.94. The van der Waals surface area contributed by atoms with Crippen LogP contribution in [-0.4, -0.2) is 48.1 Å². The van der Waals surface area contributed by atoms with Crippen molar-refractivity contribution in [1.29, 1.82) is 0 Å². The van der Waals surface area contributed by atoms with Gasteiger partial charge in [-0.1, -0.05) is 73.1 Å². The maximum absolute atomic E-state index is 2.79. The van der Waals surface area contributed by atoms with E-state index < -0.39 is 0 Å². The van der Waals surface area contributed by atoms with Crippen molar-refractivity contribution in [1.82, 2.24) is 9.80 Å². The summed E-state index contributed by atoms with van der Waals surface area (Å²) in [5.41, 5.74) is 0.334. The van der Waals surface area contributed by atoms with Gasteiger partial charge in [-0.05, 0) is 84.6 Å². The second kappa shape index (κ2) is 16.8. The maximum Gasteiger partial charge on any atom is 0.0178 e. The molecular formula is C25H54N2. The van der Waals surface area contributed by atoms with Crippen LogP contribution >= 0.6 is 0 Å². The zero-order chi connectivity index (χ0) is 20.5. The van der Waals surface area contributed by atoms with Crippen molar-refractivity contribution in [2.45, 2.75) is 125 Å². The van der Waals surface area contributed by atoms with Gasteiger partial charge in [-0.2, -0.15) is 0 Å². The molecule has 2 nitrogen and oxygen atoms in total. The summed E-state index contributed by atoms with van der Waals surface area (Å²) in [5.74, 6) is 0.764. The predicted octanol–water partition coefficient (Wildman–Crippen LogP) is 7.38. The molecule has 0 saturated heterocycles. The van der Waals surface area contributed by atoms with E-state index in [2.05, 4.69) is 58.3 Å². The van der Waals surface area contributed by atoms with Crippen LogP contribution in [0.4, 0.5) is 0 Å². The van der Waals surface area contributed by atoms with Gasteiger partial charge < -0.3 is 4.90 Å². The van der Waals surface area contributed by atoms with Crippen LogP contribution in [0, 0.1) is 5.92 Å². The number of unbranched alkanes of at least 4 members (excludes halogenated alkanes) is 6. The summed E-state index contributed by atoms with van der Waals surface area (Å²) in [7, 11) is 0. The van der Waals surface area contributed by atoms with E-state index in [-0.39, 0.29) is 0 Å². The molecule has 0 aromatic heterocycles. The number of hydrogen-bond donors (Lipinski definition) is 0. The zero-order valence-electron chi connectivity index (χ0n) is 20.3. The lowest BCUT2D eigenvalue weighted by Crippen LogP contribution is -2.49. The molecule has 0 saturated carbocycles. The van der Waals surface area contributed by atoms with Crippen molar-refractivity contribution in [2.24, 2.45) is 5.92 Å². The molecule has 0 radical (unpaired) electrons. The fourth-order valence-corrected chi connectivity index (χ4v) is 3.94. The molecule has 27 heavy (non-hydrogen) atoms. The smallest absolute Gasteiger partial charge is 0.0178 e. The Morgan fingerprint density at radius 3 is 1.48 bits per heavy atom. The highest BCUT2D eigenvalue weighted by molar-refractivity contribution is 4.86. The first-order chi connectivity index (χ1) is 12.9. The molecule has 0 N–H and O–H groups in total. The molecule has 0 aliphatic rings. The first kappa shape index (κ1) is 26.9. The minimum atomic E-state index is 0.334. The Morgan fingerprint density at radius 1 is 0.593 bits per heavy atom. The van der Waals surface area contributed by atoms with Crippen LogP contribution in [0.2, 0.25) is 0 Å². The lowest BCUT2D eigenvalue weighted by atomic mass is 9.85. The standard InChI is InChI=1S/C25H54N2/c1-8-12-19-26(20-13-9-2)21-17-15-16-18-23-27(22-14-10-3)25(6,7)24(5)11-4/h24H,8-23H2,1-7H3. The molecule has 0 rings (SSSR count). The maximum atomic E-state index is 2.79. The minimum Gasteiger partial charge on any atom is -0.303 e. The van der Waals surface area contributed by atoms with Gasteiger partial charge in [-0.25, -0.2) is 0 Å². The second-order valence-electron chi connectivity index (χ2n) is 9.27. The van der Waals surface area contributed by atoms with Crippen LogP contribution < -0.4 is 0 Å². The highest BCUT2D eigenvalue weighted by Gasteiger charge is 2.30. The molecule has 1 atom stereocenters. The third-order valence-corrected chi connectivity index (χ3v) is 6.72. The van der Waals surface area contributed by atoms with E-state index in [1.807, 2.05) is 0 Å². The molecule has 164 valence electrons. The van der Waals surface area contributed by atoms with E-state index in [1.165, 1.54) is 103 Å². The summed E-state index contributed by atoms with van der Waals surface area (Å²) in [6.45, 7) is 23.1. The van der Waals surface area contributed by atoms with Crippen molar-refractivity contribution in [3.05, 3.63) is 0 Å². The van der Waals surface area contributed by atoms with Crippen LogP contribution in [0.15, 0.2) is 0 Å². The average Bonchev–Trinajstić information content (AvgIpc) is 2.67. The third kappa shape index (κ3) is 12.2. The molecular weight excluding hydrogens is 328 g/mol. The monoisotopic (exact) mass is 382 g/mol. The summed E-state index contributed by atoms with van der Waals surface area (Å²) in [6.07, 6.45) is 14.8. The Hall–Kier alpha value is -0.0800. The molecule has 0 amide bonds. The average molecular weight is 383 g/mol. The number of hydrogen-bond acceptors (Lipinski definition) is 2. The summed E-state index contributed by atoms with van der Waals surface area (Å²) in [6, 6.07) is 0. The normalized spacial score (nSPS) is 13.7. The highest BCUT2D eigenvalue weighted by atomic mass is 15.2. The van der Waals surface area contributed by atoms with Crippen molar-refractivity contribution >= 4 is 0 Å². The van der Waals surface area contributed by atoms with Crippen LogP contribution in [-0.2, 0) is 0 Å². The Morgan fingerprint density at radius 2 is 1.00 bits per heavy atom. The highest BCUT2D eigenvalue weighted by Crippen LogP contribution is 2.27. The van der Waals surface area contributed by atoms with E-state index in [4.69, 9.17) is 0 Å². The SMILES string of the molecule is CCCCN(CCCC)CCCCCCN(CCCC)C(C)(C)C(C)CC. The largest absolute Gasteiger partial charge is 0.303 e. The van der Waals surface area contributed by atoms with Crippen LogP contribution in [0.3, 0.4) is 0 Å². The lowest BCUT2D eigenvalue weighted by molar-refractivity contribution is 0.0638. The Balaban J connectivity index is 4.20. The van der Waals surface area contributed by atoms with Crippen molar-refractivity contribution in [3.63, 3.8) is 0 Å². The van der Waals surface area contributed by atoms with Gasteiger partial charge >= 0.3 is 0 Å². The van der Waals surface area contributed by atoms with Gasteiger partial charge in [-0.3, -0.25) is 4.90 Å². The van der Waals surface area contributed by atoms with Gasteiger partial charge in [-0.15, -0.1) is 0 Å². The van der Waals surface area contributed by atoms with Gasteiger partial charge in [0.2, 0.25) is 0 Å². The van der Waals surface area contributed by atoms with E-state index in [9.17, 15) is 0 Å². The lowest BCUT2D eigenvalue weighted by Gasteiger charge is -2.43. The van der Waals surface area contributed by atoms with Crippen LogP contribution in [0.25, 0.3) is 0 Å². The second-order valence-corrected chi connectivity index (χ2v) is 9.27. The van der Waals surface area contributed by atoms with Crippen molar-refractivity contribution in [2.75, 3.05) is 32.7 Å². The van der Waals surface area contributed by atoms with Gasteiger partial charge in [0.05, 0.1) is 0 Å². The van der Waals surface area contributed by atoms with Gasteiger partial charge in [0.15, 0.2) is 0 Å². The molecule has 1 unspecified atom stereocenters. The summed E-state index contributed by atoms with van der Waals surface area (Å²) < 4.78 is 0. The quantitative estimate of drug-likeness (QED) is 0.215. The molecule has 0 aromatic carbocycles. The molecule has 0 aliphatic heterocycles. The van der Waals surface area contributed by atoms with Crippen molar-refractivity contribution < 1.29 is 0 Å². The molecule has 0 aromatic rings. The Kier molecular flexibility index (Phi) is 16.8. The van der Waals surface area contributed by atoms with E-state index in [1.54, 1.807) is 0 Å². The molecule has 0 bridgehead atoms. The summed E-state index contributed by atoms with van der Waals surface area (Å²) >= 11 is 0. The van der Waals surface area contributed by atoms with Gasteiger partial charge in [0.25, 0.3) is 0 Å². The van der Waals surface area contributed by atoms with E-state index >= 15 is 0 Å². The van der Waals surface area contributed by atoms with Crippen LogP contribution in [0.1, 0.15) is 119 Å². The van der Waals surface area contributed by atoms with Gasteiger partial charge in [0, 0.05) is 5.54 Å².